The Bertz CT molecular complexity index is 2710. The number of fused-ring (bicyclic) bond motifs is 1. The van der Waals surface area contributed by atoms with Gasteiger partial charge in [0.15, 0.2) is 9.84 Å². The van der Waals surface area contributed by atoms with Crippen LogP contribution in [0.1, 0.15) is 104 Å². The molecule has 7 rings (SSSR count). The van der Waals surface area contributed by atoms with Gasteiger partial charge in [-0.3, -0.25) is 14.6 Å². The Morgan fingerprint density at radius 3 is 2.12 bits per heavy atom. The first kappa shape index (κ1) is 54.1. The molecule has 22 heteroatoms. The molecule has 3 fully saturated rings. The average molecular weight is 1020 g/mol. The van der Waals surface area contributed by atoms with Gasteiger partial charge in [-0.25, -0.2) is 37.9 Å². The number of hydrogen-bond acceptors (Lipinski definition) is 18. The zero-order valence-electron chi connectivity index (χ0n) is 44.4. The number of carbonyl (C=O) groups excluding carboxylic acids is 3. The molecular formula is C50H75N13O8S. The molecule has 72 heavy (non-hydrogen) atoms. The molecule has 3 aliphatic heterocycles. The fourth-order valence-electron chi connectivity index (χ4n) is 8.90. The quantitative estimate of drug-likeness (QED) is 0.163. The maximum Gasteiger partial charge on any atom is 0.437 e. The van der Waals surface area contributed by atoms with Crippen molar-refractivity contribution in [3.63, 3.8) is 0 Å². The predicted molar refractivity (Wildman–Crippen MR) is 275 cm³/mol. The van der Waals surface area contributed by atoms with E-state index >= 15 is 0 Å². The molecule has 2 N–H and O–H groups in total. The van der Waals surface area contributed by atoms with Crippen molar-refractivity contribution in [2.45, 2.75) is 135 Å². The van der Waals surface area contributed by atoms with Gasteiger partial charge in [-0.05, 0) is 102 Å². The van der Waals surface area contributed by atoms with E-state index in [1.807, 2.05) is 44.4 Å². The third-order valence-corrected chi connectivity index (χ3v) is 15.7. The average Bonchev–Trinajstić information content (AvgIpc) is 3.58. The summed E-state index contributed by atoms with van der Waals surface area (Å²) in [6, 6.07) is 3.55. The fourth-order valence-corrected chi connectivity index (χ4v) is 10.2. The molecule has 394 valence electrons. The Balaban J connectivity index is 0.909. The summed E-state index contributed by atoms with van der Waals surface area (Å²) in [5.74, 6) is 1.29. The summed E-state index contributed by atoms with van der Waals surface area (Å²) < 4.78 is 45.8. The summed E-state index contributed by atoms with van der Waals surface area (Å²) in [6.07, 6.45) is 4.27. The molecular weight excluding hydrogens is 943 g/mol. The van der Waals surface area contributed by atoms with Gasteiger partial charge in [0.2, 0.25) is 5.95 Å². The topological polar surface area (TPSA) is 223 Å². The van der Waals surface area contributed by atoms with Crippen LogP contribution >= 0.6 is 0 Å². The van der Waals surface area contributed by atoms with Crippen LogP contribution in [-0.4, -0.2) is 189 Å². The highest BCUT2D eigenvalue weighted by molar-refractivity contribution is 7.92. The summed E-state index contributed by atoms with van der Waals surface area (Å²) >= 11 is 0. The minimum absolute atomic E-state index is 0.00307. The number of benzene rings is 1. The standard InChI is InChI=1S/C50H75N13O8S/c1-32-25-51-37(30-62(32)46(65)70-48(5,6)7)29-60-20-21-61(28-33(60)2)45-52-26-36(27-53-45)44(64)59-18-16-58(17-19-59)15-14-22-69-40-24-39-38(23-41(40)72(67,68)50(11,12)13)42(55-31-54-39)56-43-34(3)35(4)57-63(43)47(66)71-49(8,9)10/h23-24,26-27,31-33,37,51H,14-22,25,28-30H2,1-13H3,(H,54,55,56)/t32-,33?,37+/m1/s1. The van der Waals surface area contributed by atoms with Crippen LogP contribution in [0.2, 0.25) is 0 Å². The lowest BCUT2D eigenvalue weighted by Gasteiger charge is -2.44. The highest BCUT2D eigenvalue weighted by atomic mass is 32.2. The molecule has 3 saturated heterocycles. The third-order valence-electron chi connectivity index (χ3n) is 13.2. The van der Waals surface area contributed by atoms with E-state index in [0.29, 0.717) is 91.7 Å². The monoisotopic (exact) mass is 1020 g/mol. The molecule has 3 atom stereocenters. The number of aromatic nitrogens is 6. The van der Waals surface area contributed by atoms with Gasteiger partial charge < -0.3 is 39.5 Å². The molecule has 21 nitrogen and oxygen atoms in total. The zero-order valence-corrected chi connectivity index (χ0v) is 45.2. The van der Waals surface area contributed by atoms with Crippen LogP contribution < -0.4 is 20.3 Å². The van der Waals surface area contributed by atoms with E-state index in [0.717, 1.165) is 30.9 Å². The van der Waals surface area contributed by atoms with E-state index in [4.69, 9.17) is 14.2 Å². The summed E-state index contributed by atoms with van der Waals surface area (Å²) in [5, 5.41) is 11.6. The Hall–Kier alpha value is -5.71. The van der Waals surface area contributed by atoms with Gasteiger partial charge in [-0.1, -0.05) is 0 Å². The van der Waals surface area contributed by atoms with Crippen molar-refractivity contribution in [3.05, 3.63) is 47.7 Å². The second kappa shape index (κ2) is 21.4. The molecule has 0 saturated carbocycles. The lowest BCUT2D eigenvalue weighted by molar-refractivity contribution is 0.00693. The number of nitrogens with one attached hydrogen (secondary N) is 2. The van der Waals surface area contributed by atoms with Crippen LogP contribution in [0.15, 0.2) is 35.7 Å². The largest absolute Gasteiger partial charge is 0.492 e. The van der Waals surface area contributed by atoms with Gasteiger partial charge >= 0.3 is 12.2 Å². The van der Waals surface area contributed by atoms with Crippen molar-refractivity contribution in [3.8, 4) is 5.75 Å². The highest BCUT2D eigenvalue weighted by Gasteiger charge is 2.37. The van der Waals surface area contributed by atoms with Crippen molar-refractivity contribution in [1.29, 1.82) is 0 Å². The maximum atomic E-state index is 14.1. The van der Waals surface area contributed by atoms with Gasteiger partial charge in [-0.15, -0.1) is 4.68 Å². The molecule has 3 aromatic heterocycles. The maximum absolute atomic E-state index is 14.1. The smallest absolute Gasteiger partial charge is 0.437 e. The second-order valence-electron chi connectivity index (χ2n) is 22.2. The third kappa shape index (κ3) is 12.7. The minimum atomic E-state index is -3.93. The van der Waals surface area contributed by atoms with Crippen molar-refractivity contribution >= 4 is 56.4 Å². The van der Waals surface area contributed by atoms with Crippen molar-refractivity contribution in [2.75, 3.05) is 88.8 Å². The number of nitrogens with zero attached hydrogens (tertiary/aromatic N) is 11. The molecule has 1 aromatic carbocycles. The molecule has 0 spiro atoms. The van der Waals surface area contributed by atoms with Crippen LogP contribution in [0, 0.1) is 13.8 Å². The summed E-state index contributed by atoms with van der Waals surface area (Å²) in [4.78, 5) is 68.4. The van der Waals surface area contributed by atoms with Crippen LogP contribution in [0.5, 0.6) is 5.75 Å². The number of carbonyl (C=O) groups is 3. The fraction of sp³-hybridized carbons (Fsp3) is 0.640. The Kier molecular flexibility index (Phi) is 16.1. The first-order valence-electron chi connectivity index (χ1n) is 25.0. The number of anilines is 3. The lowest BCUT2D eigenvalue weighted by atomic mass is 10.1. The van der Waals surface area contributed by atoms with E-state index < -0.39 is 31.9 Å². The highest BCUT2D eigenvalue weighted by Crippen LogP contribution is 2.38. The molecule has 3 aliphatic rings. The number of hydrogen-bond donors (Lipinski definition) is 2. The molecule has 4 aromatic rings. The summed E-state index contributed by atoms with van der Waals surface area (Å²) in [6.45, 7) is 31.4. The number of amides is 2. The number of piperazine rings is 3. The Morgan fingerprint density at radius 1 is 0.819 bits per heavy atom. The number of sulfone groups is 1. The van der Waals surface area contributed by atoms with Crippen LogP contribution in [0.25, 0.3) is 10.9 Å². The van der Waals surface area contributed by atoms with Gasteiger partial charge in [0, 0.05) is 120 Å². The van der Waals surface area contributed by atoms with E-state index in [1.165, 1.54) is 12.4 Å². The van der Waals surface area contributed by atoms with Crippen LogP contribution in [0.4, 0.5) is 27.2 Å². The Labute approximate surface area is 424 Å². The van der Waals surface area contributed by atoms with E-state index in [1.54, 1.807) is 66.9 Å². The van der Waals surface area contributed by atoms with Gasteiger partial charge in [0.05, 0.1) is 28.1 Å². The van der Waals surface area contributed by atoms with E-state index in [2.05, 4.69) is 57.3 Å². The molecule has 0 aliphatic carbocycles. The van der Waals surface area contributed by atoms with Crippen molar-refractivity contribution in [2.24, 2.45) is 0 Å². The lowest BCUT2D eigenvalue weighted by Crippen LogP contribution is -2.63. The summed E-state index contributed by atoms with van der Waals surface area (Å²) in [5.41, 5.74) is 0.874. The van der Waals surface area contributed by atoms with E-state index in [9.17, 15) is 22.8 Å². The number of ether oxygens (including phenoxy) is 3. The van der Waals surface area contributed by atoms with Crippen molar-refractivity contribution < 1.29 is 37.0 Å². The molecule has 1 unspecified atom stereocenters. The first-order chi connectivity index (χ1) is 33.7. The normalized spacial score (nSPS) is 19.9. The van der Waals surface area contributed by atoms with Gasteiger partial charge in [0.1, 0.15) is 39.8 Å². The minimum Gasteiger partial charge on any atom is -0.492 e. The predicted octanol–water partition coefficient (Wildman–Crippen LogP) is 5.67. The zero-order chi connectivity index (χ0) is 52.5. The SMILES string of the molecule is Cc1nn(C(=O)OC(C)(C)C)c(Nc2ncnc3cc(OCCCN4CCN(C(=O)c5cnc(N6CCN(C[C@H]7CN(C(=O)OC(C)(C)C)[C@H](C)CN7)C(C)C6)nc5)CC4)c(S(=O)(=O)C(C)(C)C)cc23)c1C. The van der Waals surface area contributed by atoms with Gasteiger partial charge in [-0.2, -0.15) is 5.10 Å². The number of rotatable bonds is 12. The molecule has 0 radical (unpaired) electrons. The molecule has 6 heterocycles. The Morgan fingerprint density at radius 2 is 1.49 bits per heavy atom. The number of aryl methyl sites for hydroxylation is 1. The van der Waals surface area contributed by atoms with Crippen LogP contribution in [-0.2, 0) is 19.3 Å². The summed E-state index contributed by atoms with van der Waals surface area (Å²) in [7, 11) is -3.93. The second-order valence-corrected chi connectivity index (χ2v) is 24.9. The molecule has 2 amide bonds. The van der Waals surface area contributed by atoms with Crippen molar-refractivity contribution in [1.82, 2.24) is 54.6 Å². The molecule has 0 bridgehead atoms. The van der Waals surface area contributed by atoms with Crippen LogP contribution in [0.3, 0.4) is 0 Å². The van der Waals surface area contributed by atoms with E-state index in [-0.39, 0.29) is 53.2 Å². The first-order valence-corrected chi connectivity index (χ1v) is 26.5. The van der Waals surface area contributed by atoms with Gasteiger partial charge in [0.25, 0.3) is 5.91 Å².